The monoisotopic (exact) mass is 359 g/mol. The number of sulfone groups is 1. The third-order valence-electron chi connectivity index (χ3n) is 4.13. The van der Waals surface area contributed by atoms with Crippen LogP contribution in [0.2, 0.25) is 5.02 Å². The molecule has 0 spiro atoms. The summed E-state index contributed by atoms with van der Waals surface area (Å²) in [7, 11) is -3.52. The minimum Gasteiger partial charge on any atom is -0.379 e. The van der Waals surface area contributed by atoms with Gasteiger partial charge in [0.2, 0.25) is 0 Å². The molecule has 1 aliphatic rings. The lowest BCUT2D eigenvalue weighted by atomic mass is 10.0. The molecule has 1 aromatic carbocycles. The minimum atomic E-state index is -3.52. The molecule has 1 aromatic rings. The van der Waals surface area contributed by atoms with E-state index < -0.39 is 32.3 Å². The predicted octanol–water partition coefficient (Wildman–Crippen LogP) is 2.78. The summed E-state index contributed by atoms with van der Waals surface area (Å²) in [6.07, 6.45) is 4.01. The number of rotatable bonds is 5. The van der Waals surface area contributed by atoms with E-state index in [9.17, 15) is 18.3 Å². The summed E-state index contributed by atoms with van der Waals surface area (Å²) >= 11 is 5.77. The first-order chi connectivity index (χ1) is 10.7. The van der Waals surface area contributed by atoms with Crippen LogP contribution >= 0.6 is 11.6 Å². The van der Waals surface area contributed by atoms with Crippen molar-refractivity contribution in [3.8, 4) is 0 Å². The molecule has 23 heavy (non-hydrogen) atoms. The summed E-state index contributed by atoms with van der Waals surface area (Å²) in [6, 6.07) is 6.38. The fourth-order valence-electron chi connectivity index (χ4n) is 2.80. The first kappa shape index (κ1) is 18.2. The summed E-state index contributed by atoms with van der Waals surface area (Å²) in [4.78, 5) is 12.2. The van der Waals surface area contributed by atoms with E-state index in [-0.39, 0.29) is 0 Å². The molecule has 2 N–H and O–H groups in total. The molecule has 0 heterocycles. The van der Waals surface area contributed by atoms with E-state index in [1.807, 2.05) is 0 Å². The Labute approximate surface area is 142 Å². The van der Waals surface area contributed by atoms with Crippen molar-refractivity contribution in [2.75, 3.05) is 11.1 Å². The van der Waals surface area contributed by atoms with Crippen molar-refractivity contribution in [1.82, 2.24) is 0 Å². The maximum atomic E-state index is 12.4. The number of aliphatic hydroxyl groups is 1. The number of halogens is 1. The van der Waals surface area contributed by atoms with E-state index in [0.29, 0.717) is 23.6 Å². The van der Waals surface area contributed by atoms with Gasteiger partial charge in [-0.1, -0.05) is 30.9 Å². The maximum Gasteiger partial charge on any atom is 0.257 e. The van der Waals surface area contributed by atoms with Gasteiger partial charge in [0.1, 0.15) is 0 Å². The molecule has 0 radical (unpaired) electrons. The lowest BCUT2D eigenvalue weighted by Gasteiger charge is -2.27. The van der Waals surface area contributed by atoms with Crippen molar-refractivity contribution in [2.45, 2.75) is 49.9 Å². The number of amides is 1. The van der Waals surface area contributed by atoms with E-state index in [1.54, 1.807) is 24.3 Å². The van der Waals surface area contributed by atoms with E-state index in [2.05, 4.69) is 5.32 Å². The molecular formula is C16H22ClNO4S. The fraction of sp³-hybridized carbons (Fsp3) is 0.562. The molecule has 128 valence electrons. The van der Waals surface area contributed by atoms with Crippen LogP contribution in [0.15, 0.2) is 24.3 Å². The molecule has 1 atom stereocenters. The molecule has 1 aliphatic carbocycles. The third-order valence-corrected chi connectivity index (χ3v) is 6.84. The Balaban J connectivity index is 2.04. The third kappa shape index (κ3) is 4.93. The van der Waals surface area contributed by atoms with Gasteiger partial charge in [0.25, 0.3) is 5.91 Å². The Morgan fingerprint density at radius 1 is 1.26 bits per heavy atom. The largest absolute Gasteiger partial charge is 0.379 e. The molecule has 1 saturated carbocycles. The van der Waals surface area contributed by atoms with Gasteiger partial charge < -0.3 is 10.4 Å². The topological polar surface area (TPSA) is 83.5 Å². The van der Waals surface area contributed by atoms with Crippen molar-refractivity contribution < 1.29 is 18.3 Å². The second kappa shape index (κ2) is 7.20. The Bertz CT molecular complexity index is 649. The highest BCUT2D eigenvalue weighted by Crippen LogP contribution is 2.26. The summed E-state index contributed by atoms with van der Waals surface area (Å²) in [5, 5.41) is 12.9. The summed E-state index contributed by atoms with van der Waals surface area (Å²) in [5.74, 6) is -1.30. The van der Waals surface area contributed by atoms with Gasteiger partial charge in [-0.15, -0.1) is 0 Å². The van der Waals surface area contributed by atoms with Crippen molar-refractivity contribution in [3.63, 3.8) is 0 Å². The first-order valence-corrected chi connectivity index (χ1v) is 9.81. The molecule has 0 aliphatic heterocycles. The number of nitrogens with one attached hydrogen (secondary N) is 1. The number of carbonyl (C=O) groups excluding carboxylic acids is 1. The molecule has 1 unspecified atom stereocenters. The highest BCUT2D eigenvalue weighted by molar-refractivity contribution is 7.92. The van der Waals surface area contributed by atoms with Gasteiger partial charge in [-0.2, -0.15) is 0 Å². The van der Waals surface area contributed by atoms with Gasteiger partial charge in [0.05, 0.1) is 11.0 Å². The molecule has 1 amide bonds. The quantitative estimate of drug-likeness (QED) is 0.846. The van der Waals surface area contributed by atoms with Crippen molar-refractivity contribution >= 4 is 33.0 Å². The van der Waals surface area contributed by atoms with Crippen LogP contribution in [-0.4, -0.2) is 36.0 Å². The Morgan fingerprint density at radius 3 is 2.39 bits per heavy atom. The lowest BCUT2D eigenvalue weighted by Crippen LogP contribution is -2.47. The highest BCUT2D eigenvalue weighted by Gasteiger charge is 2.39. The summed E-state index contributed by atoms with van der Waals surface area (Å²) in [6.45, 7) is 1.23. The van der Waals surface area contributed by atoms with Gasteiger partial charge in [0, 0.05) is 10.7 Å². The minimum absolute atomic E-state index is 0.453. The van der Waals surface area contributed by atoms with E-state index >= 15 is 0 Å². The first-order valence-electron chi connectivity index (χ1n) is 7.72. The molecule has 0 aromatic heterocycles. The average Bonchev–Trinajstić information content (AvgIpc) is 2.49. The van der Waals surface area contributed by atoms with Crippen LogP contribution in [0.5, 0.6) is 0 Å². The molecule has 5 nitrogen and oxygen atoms in total. The van der Waals surface area contributed by atoms with Crippen LogP contribution in [0.3, 0.4) is 0 Å². The average molecular weight is 360 g/mol. The zero-order valence-electron chi connectivity index (χ0n) is 13.1. The second-order valence-corrected chi connectivity index (χ2v) is 9.02. The van der Waals surface area contributed by atoms with Crippen LogP contribution in [0.4, 0.5) is 5.69 Å². The fourth-order valence-corrected chi connectivity index (χ4v) is 5.13. The van der Waals surface area contributed by atoms with Gasteiger partial charge in [-0.25, -0.2) is 8.42 Å². The maximum absolute atomic E-state index is 12.4. The molecule has 1 fully saturated rings. The van der Waals surface area contributed by atoms with Crippen LogP contribution in [0.25, 0.3) is 0 Å². The van der Waals surface area contributed by atoms with Gasteiger partial charge >= 0.3 is 0 Å². The Kier molecular flexibility index (Phi) is 5.70. The van der Waals surface area contributed by atoms with E-state index in [0.717, 1.165) is 19.3 Å². The van der Waals surface area contributed by atoms with Crippen molar-refractivity contribution in [2.24, 2.45) is 0 Å². The lowest BCUT2D eigenvalue weighted by molar-refractivity contribution is -0.130. The van der Waals surface area contributed by atoms with Gasteiger partial charge in [0.15, 0.2) is 15.4 Å². The van der Waals surface area contributed by atoms with Crippen LogP contribution < -0.4 is 5.32 Å². The van der Waals surface area contributed by atoms with Gasteiger partial charge in [-0.3, -0.25) is 4.79 Å². The smallest absolute Gasteiger partial charge is 0.257 e. The van der Waals surface area contributed by atoms with Crippen molar-refractivity contribution in [1.29, 1.82) is 0 Å². The van der Waals surface area contributed by atoms with Crippen LogP contribution in [-0.2, 0) is 14.6 Å². The van der Waals surface area contributed by atoms with Crippen molar-refractivity contribution in [3.05, 3.63) is 29.3 Å². The molecule has 7 heteroatoms. The Hall–Kier alpha value is -1.11. The second-order valence-electron chi connectivity index (χ2n) is 6.30. The number of anilines is 1. The molecular weight excluding hydrogens is 338 g/mol. The van der Waals surface area contributed by atoms with Crippen LogP contribution in [0, 0.1) is 0 Å². The standard InChI is InChI=1S/C16H22ClNO4S/c1-16(20,11-23(21,22)14-5-3-2-4-6-14)15(19)18-13-9-7-12(17)8-10-13/h7-10,14,20H,2-6,11H2,1H3,(H,18,19). The normalized spacial score (nSPS) is 19.1. The van der Waals surface area contributed by atoms with E-state index in [1.165, 1.54) is 6.92 Å². The number of hydrogen-bond donors (Lipinski definition) is 2. The summed E-state index contributed by atoms with van der Waals surface area (Å²) < 4.78 is 24.9. The Morgan fingerprint density at radius 2 is 1.83 bits per heavy atom. The molecule has 2 rings (SSSR count). The predicted molar refractivity (Wildman–Crippen MR) is 91.4 cm³/mol. The highest BCUT2D eigenvalue weighted by atomic mass is 35.5. The number of benzene rings is 1. The van der Waals surface area contributed by atoms with Gasteiger partial charge in [-0.05, 0) is 44.0 Å². The molecule has 0 bridgehead atoms. The summed E-state index contributed by atoms with van der Waals surface area (Å²) in [5.41, 5.74) is -1.52. The van der Waals surface area contributed by atoms with Crippen LogP contribution in [0.1, 0.15) is 39.0 Å². The zero-order chi connectivity index (χ0) is 17.1. The van der Waals surface area contributed by atoms with E-state index in [4.69, 9.17) is 11.6 Å². The SMILES string of the molecule is CC(O)(CS(=O)(=O)C1CCCCC1)C(=O)Nc1ccc(Cl)cc1. The zero-order valence-corrected chi connectivity index (χ0v) is 14.7. The number of carbonyl (C=O) groups is 1. The number of hydrogen-bond acceptors (Lipinski definition) is 4. The molecule has 0 saturated heterocycles.